The molecule has 3 rings (SSSR count). The summed E-state index contributed by atoms with van der Waals surface area (Å²) in [5.41, 5.74) is 1.30. The highest BCUT2D eigenvalue weighted by atomic mass is 16.5. The average Bonchev–Trinajstić information content (AvgIpc) is 3.05. The first kappa shape index (κ1) is 16.9. The Morgan fingerprint density at radius 1 is 1.04 bits per heavy atom. The number of aliphatic hydroxyl groups excluding tert-OH is 1. The largest absolute Gasteiger partial charge is 0.394 e. The zero-order valence-corrected chi connectivity index (χ0v) is 14.1. The smallest absolute Gasteiger partial charge is 0.0644 e. The van der Waals surface area contributed by atoms with Crippen molar-refractivity contribution in [3.63, 3.8) is 0 Å². The van der Waals surface area contributed by atoms with E-state index in [-0.39, 0.29) is 6.61 Å². The SMILES string of the molecule is OCCn1nccc1C1CCN(CCCN2CCOCC2)CC1. The van der Waals surface area contributed by atoms with E-state index in [4.69, 9.17) is 9.84 Å². The number of aromatic nitrogens is 2. The zero-order chi connectivity index (χ0) is 15.9. The van der Waals surface area contributed by atoms with Crippen LogP contribution in [0, 0.1) is 0 Å². The number of likely N-dealkylation sites (tertiary alicyclic amines) is 1. The van der Waals surface area contributed by atoms with Gasteiger partial charge < -0.3 is 14.7 Å². The summed E-state index contributed by atoms with van der Waals surface area (Å²) in [6, 6.07) is 2.12. The molecule has 2 aliphatic rings. The molecule has 2 fully saturated rings. The van der Waals surface area contributed by atoms with Gasteiger partial charge in [-0.05, 0) is 51.5 Å². The Labute approximate surface area is 139 Å². The molecule has 23 heavy (non-hydrogen) atoms. The molecule has 6 nitrogen and oxygen atoms in total. The molecule has 0 saturated carbocycles. The minimum atomic E-state index is 0.162. The predicted octanol–water partition coefficient (Wildman–Crippen LogP) is 0.777. The molecule has 1 N–H and O–H groups in total. The maximum absolute atomic E-state index is 9.13. The van der Waals surface area contributed by atoms with E-state index in [1.807, 2.05) is 10.9 Å². The summed E-state index contributed by atoms with van der Waals surface area (Å²) in [5.74, 6) is 0.597. The highest BCUT2D eigenvalue weighted by Gasteiger charge is 2.23. The van der Waals surface area contributed by atoms with Crippen molar-refractivity contribution in [3.05, 3.63) is 18.0 Å². The van der Waals surface area contributed by atoms with E-state index in [9.17, 15) is 0 Å². The number of morpholine rings is 1. The van der Waals surface area contributed by atoms with Gasteiger partial charge in [-0.3, -0.25) is 9.58 Å². The van der Waals surface area contributed by atoms with Gasteiger partial charge in [-0.2, -0.15) is 5.10 Å². The quantitative estimate of drug-likeness (QED) is 0.804. The molecule has 2 saturated heterocycles. The molecular formula is C17H30N4O2. The number of nitrogens with zero attached hydrogens (tertiary/aromatic N) is 4. The predicted molar refractivity (Wildman–Crippen MR) is 89.6 cm³/mol. The first-order valence-corrected chi connectivity index (χ1v) is 9.02. The van der Waals surface area contributed by atoms with Crippen molar-refractivity contribution in [2.24, 2.45) is 0 Å². The Morgan fingerprint density at radius 2 is 1.74 bits per heavy atom. The van der Waals surface area contributed by atoms with Gasteiger partial charge in [0, 0.05) is 30.9 Å². The number of hydrogen-bond acceptors (Lipinski definition) is 5. The van der Waals surface area contributed by atoms with Crippen molar-refractivity contribution in [2.75, 3.05) is 59.1 Å². The summed E-state index contributed by atoms with van der Waals surface area (Å²) < 4.78 is 7.37. The molecule has 0 spiro atoms. The number of aliphatic hydroxyl groups is 1. The summed E-state index contributed by atoms with van der Waals surface area (Å²) in [4.78, 5) is 5.12. The fraction of sp³-hybridized carbons (Fsp3) is 0.824. The monoisotopic (exact) mass is 322 g/mol. The molecule has 2 aliphatic heterocycles. The van der Waals surface area contributed by atoms with Gasteiger partial charge in [0.25, 0.3) is 0 Å². The number of ether oxygens (including phenoxy) is 1. The summed E-state index contributed by atoms with van der Waals surface area (Å²) in [6.07, 6.45) is 5.52. The zero-order valence-electron chi connectivity index (χ0n) is 14.1. The average molecular weight is 322 g/mol. The lowest BCUT2D eigenvalue weighted by Gasteiger charge is -2.33. The van der Waals surface area contributed by atoms with Crippen molar-refractivity contribution >= 4 is 0 Å². The third kappa shape index (κ3) is 4.76. The van der Waals surface area contributed by atoms with E-state index >= 15 is 0 Å². The Kier molecular flexibility index (Phi) is 6.45. The van der Waals surface area contributed by atoms with Gasteiger partial charge in [0.05, 0.1) is 26.4 Å². The Balaban J connectivity index is 1.37. The van der Waals surface area contributed by atoms with Crippen LogP contribution in [0.1, 0.15) is 30.9 Å². The van der Waals surface area contributed by atoms with Crippen molar-refractivity contribution in [3.8, 4) is 0 Å². The number of rotatable bonds is 7. The lowest BCUT2D eigenvalue weighted by atomic mass is 9.93. The highest BCUT2D eigenvalue weighted by molar-refractivity contribution is 5.09. The minimum absolute atomic E-state index is 0.162. The van der Waals surface area contributed by atoms with Crippen molar-refractivity contribution in [1.29, 1.82) is 0 Å². The lowest BCUT2D eigenvalue weighted by molar-refractivity contribution is 0.0357. The van der Waals surface area contributed by atoms with Gasteiger partial charge in [0.1, 0.15) is 0 Å². The third-order valence-corrected chi connectivity index (χ3v) is 5.12. The second-order valence-electron chi connectivity index (χ2n) is 6.63. The van der Waals surface area contributed by atoms with Gasteiger partial charge in [-0.15, -0.1) is 0 Å². The molecule has 1 aromatic rings. The minimum Gasteiger partial charge on any atom is -0.394 e. The fourth-order valence-corrected chi connectivity index (χ4v) is 3.77. The summed E-state index contributed by atoms with van der Waals surface area (Å²) in [6.45, 7) is 9.52. The molecule has 0 aromatic carbocycles. The van der Waals surface area contributed by atoms with Crippen molar-refractivity contribution in [2.45, 2.75) is 31.7 Å². The Morgan fingerprint density at radius 3 is 2.43 bits per heavy atom. The first-order chi connectivity index (χ1) is 11.4. The van der Waals surface area contributed by atoms with Crippen molar-refractivity contribution in [1.82, 2.24) is 19.6 Å². The van der Waals surface area contributed by atoms with Crippen LogP contribution in [-0.4, -0.2) is 83.8 Å². The summed E-state index contributed by atoms with van der Waals surface area (Å²) in [5, 5.41) is 13.5. The van der Waals surface area contributed by atoms with Gasteiger partial charge in [-0.25, -0.2) is 0 Å². The van der Waals surface area contributed by atoms with Crippen LogP contribution < -0.4 is 0 Å². The Bertz CT molecular complexity index is 451. The normalized spacial score (nSPS) is 21.8. The second-order valence-corrected chi connectivity index (χ2v) is 6.63. The maximum Gasteiger partial charge on any atom is 0.0644 e. The molecule has 0 bridgehead atoms. The molecule has 0 aliphatic carbocycles. The molecule has 0 amide bonds. The van der Waals surface area contributed by atoms with Crippen molar-refractivity contribution < 1.29 is 9.84 Å². The van der Waals surface area contributed by atoms with Gasteiger partial charge in [0.2, 0.25) is 0 Å². The van der Waals surface area contributed by atoms with Gasteiger partial charge >= 0.3 is 0 Å². The van der Waals surface area contributed by atoms with Crippen LogP contribution in [0.2, 0.25) is 0 Å². The third-order valence-electron chi connectivity index (χ3n) is 5.12. The van der Waals surface area contributed by atoms with E-state index in [1.54, 1.807) is 0 Å². The van der Waals surface area contributed by atoms with E-state index in [0.717, 1.165) is 26.3 Å². The molecule has 1 aromatic heterocycles. The van der Waals surface area contributed by atoms with Crippen LogP contribution in [0.4, 0.5) is 0 Å². The van der Waals surface area contributed by atoms with E-state index in [2.05, 4.69) is 21.0 Å². The molecule has 130 valence electrons. The second kappa shape index (κ2) is 8.78. The molecular weight excluding hydrogens is 292 g/mol. The molecule has 6 heteroatoms. The Hall–Kier alpha value is -0.950. The lowest BCUT2D eigenvalue weighted by Crippen LogP contribution is -2.39. The van der Waals surface area contributed by atoms with Crippen LogP contribution >= 0.6 is 0 Å². The highest BCUT2D eigenvalue weighted by Crippen LogP contribution is 2.27. The van der Waals surface area contributed by atoms with Gasteiger partial charge in [-0.1, -0.05) is 0 Å². The molecule has 0 atom stereocenters. The number of hydrogen-bond donors (Lipinski definition) is 1. The number of piperidine rings is 1. The van der Waals surface area contributed by atoms with E-state index in [1.165, 1.54) is 51.1 Å². The van der Waals surface area contributed by atoms with Crippen LogP contribution in [0.5, 0.6) is 0 Å². The molecule has 0 radical (unpaired) electrons. The standard InChI is InChI=1S/C17H30N4O2/c22-13-10-21-17(2-5-18-21)16-3-8-19(9-4-16)6-1-7-20-11-14-23-15-12-20/h2,5,16,22H,1,3-4,6-15H2. The summed E-state index contributed by atoms with van der Waals surface area (Å²) in [7, 11) is 0. The van der Waals surface area contributed by atoms with Crippen LogP contribution in [0.15, 0.2) is 12.3 Å². The van der Waals surface area contributed by atoms with Crippen LogP contribution in [0.25, 0.3) is 0 Å². The topological polar surface area (TPSA) is 53.8 Å². The summed E-state index contributed by atoms with van der Waals surface area (Å²) >= 11 is 0. The first-order valence-electron chi connectivity index (χ1n) is 9.02. The maximum atomic E-state index is 9.13. The van der Waals surface area contributed by atoms with E-state index < -0.39 is 0 Å². The fourth-order valence-electron chi connectivity index (χ4n) is 3.77. The van der Waals surface area contributed by atoms with E-state index in [0.29, 0.717) is 12.5 Å². The van der Waals surface area contributed by atoms with Gasteiger partial charge in [0.15, 0.2) is 0 Å². The molecule has 0 unspecified atom stereocenters. The molecule has 3 heterocycles. The van der Waals surface area contributed by atoms with Crippen LogP contribution in [-0.2, 0) is 11.3 Å². The van der Waals surface area contributed by atoms with Crippen LogP contribution in [0.3, 0.4) is 0 Å².